The number of fused-ring (bicyclic) bond motifs is 1. The fourth-order valence-electron chi connectivity index (χ4n) is 2.22. The molecule has 0 amide bonds. The van der Waals surface area contributed by atoms with Crippen molar-refractivity contribution in [1.29, 1.82) is 0 Å². The lowest BCUT2D eigenvalue weighted by Gasteiger charge is -2.08. The molecule has 6 heteroatoms. The molecule has 0 aliphatic heterocycles. The van der Waals surface area contributed by atoms with Crippen LogP contribution in [0.3, 0.4) is 0 Å². The Balaban J connectivity index is 2.07. The zero-order valence-corrected chi connectivity index (χ0v) is 14.0. The lowest BCUT2D eigenvalue weighted by Crippen LogP contribution is -2.20. The molecule has 0 saturated carbocycles. The summed E-state index contributed by atoms with van der Waals surface area (Å²) >= 11 is 1.46. The van der Waals surface area contributed by atoms with E-state index in [4.69, 9.17) is 0 Å². The molecule has 3 rings (SSSR count). The van der Waals surface area contributed by atoms with E-state index in [9.17, 15) is 4.79 Å². The fourth-order valence-corrected chi connectivity index (χ4v) is 2.95. The van der Waals surface area contributed by atoms with Gasteiger partial charge in [0.15, 0.2) is 5.16 Å². The highest BCUT2D eigenvalue weighted by molar-refractivity contribution is 7.99. The third-order valence-corrected chi connectivity index (χ3v) is 4.48. The van der Waals surface area contributed by atoms with Crippen LogP contribution < -0.4 is 5.56 Å². The maximum Gasteiger partial charge on any atom is 0.300 e. The molecule has 0 aliphatic carbocycles. The van der Waals surface area contributed by atoms with E-state index in [1.807, 2.05) is 38.2 Å². The van der Waals surface area contributed by atoms with Crippen molar-refractivity contribution < 1.29 is 0 Å². The SMILES string of the molecule is CC#CCSc1nnc2c(=O)n(-c3ccc(C)c(C)c3)ccn12. The van der Waals surface area contributed by atoms with Gasteiger partial charge in [-0.2, -0.15) is 0 Å². The van der Waals surface area contributed by atoms with Gasteiger partial charge in [-0.25, -0.2) is 0 Å². The molecule has 0 radical (unpaired) electrons. The molecule has 0 aliphatic rings. The van der Waals surface area contributed by atoms with E-state index in [0.717, 1.165) is 11.3 Å². The van der Waals surface area contributed by atoms with Gasteiger partial charge < -0.3 is 0 Å². The van der Waals surface area contributed by atoms with Crippen molar-refractivity contribution in [1.82, 2.24) is 19.2 Å². The number of hydrogen-bond donors (Lipinski definition) is 0. The first-order chi connectivity index (χ1) is 11.1. The number of benzene rings is 1. The molecule has 0 N–H and O–H groups in total. The second-order valence-corrected chi connectivity index (χ2v) is 6.08. The summed E-state index contributed by atoms with van der Waals surface area (Å²) in [6.07, 6.45) is 3.56. The van der Waals surface area contributed by atoms with Crippen LogP contribution in [0.2, 0.25) is 0 Å². The van der Waals surface area contributed by atoms with Gasteiger partial charge in [-0.05, 0) is 44.0 Å². The average Bonchev–Trinajstić information content (AvgIpc) is 2.95. The Labute approximate surface area is 138 Å². The van der Waals surface area contributed by atoms with E-state index >= 15 is 0 Å². The predicted molar refractivity (Wildman–Crippen MR) is 92.2 cm³/mol. The third kappa shape index (κ3) is 2.88. The van der Waals surface area contributed by atoms with E-state index in [2.05, 4.69) is 22.0 Å². The van der Waals surface area contributed by atoms with Crippen molar-refractivity contribution >= 4 is 17.4 Å². The van der Waals surface area contributed by atoms with Crippen molar-refractivity contribution in [3.8, 4) is 17.5 Å². The Kier molecular flexibility index (Phi) is 4.22. The van der Waals surface area contributed by atoms with Crippen LogP contribution in [0.15, 0.2) is 40.5 Å². The Hall–Kier alpha value is -2.52. The quantitative estimate of drug-likeness (QED) is 0.549. The molecule has 23 heavy (non-hydrogen) atoms. The summed E-state index contributed by atoms with van der Waals surface area (Å²) in [4.78, 5) is 12.7. The largest absolute Gasteiger partial charge is 0.300 e. The van der Waals surface area contributed by atoms with E-state index in [1.165, 1.54) is 17.3 Å². The minimum atomic E-state index is -0.184. The first kappa shape index (κ1) is 15.4. The van der Waals surface area contributed by atoms with Crippen molar-refractivity contribution in [2.24, 2.45) is 0 Å². The number of aryl methyl sites for hydroxylation is 2. The summed E-state index contributed by atoms with van der Waals surface area (Å²) in [7, 11) is 0. The minimum Gasteiger partial charge on any atom is -0.280 e. The Bertz CT molecular complexity index is 991. The monoisotopic (exact) mass is 324 g/mol. The molecule has 0 bridgehead atoms. The first-order valence-electron chi connectivity index (χ1n) is 7.18. The van der Waals surface area contributed by atoms with Gasteiger partial charge in [0.05, 0.1) is 5.75 Å². The fraction of sp³-hybridized carbons (Fsp3) is 0.235. The molecular weight excluding hydrogens is 308 g/mol. The van der Waals surface area contributed by atoms with E-state index < -0.39 is 0 Å². The van der Waals surface area contributed by atoms with E-state index in [1.54, 1.807) is 22.1 Å². The zero-order valence-electron chi connectivity index (χ0n) is 13.2. The molecule has 0 unspecified atom stereocenters. The van der Waals surface area contributed by atoms with Gasteiger partial charge in [0.25, 0.3) is 0 Å². The standard InChI is InChI=1S/C17H16N4OS/c1-4-5-10-23-17-19-18-15-16(22)20(8-9-21(15)17)14-7-6-12(2)13(3)11-14/h6-9,11H,10H2,1-3H3. The molecule has 5 nitrogen and oxygen atoms in total. The highest BCUT2D eigenvalue weighted by atomic mass is 32.2. The van der Waals surface area contributed by atoms with Crippen LogP contribution in [0.4, 0.5) is 0 Å². The second kappa shape index (κ2) is 6.31. The minimum absolute atomic E-state index is 0.184. The van der Waals surface area contributed by atoms with Crippen LogP contribution in [-0.4, -0.2) is 24.9 Å². The highest BCUT2D eigenvalue weighted by Crippen LogP contribution is 2.16. The van der Waals surface area contributed by atoms with Gasteiger partial charge >= 0.3 is 5.56 Å². The van der Waals surface area contributed by atoms with Crippen LogP contribution >= 0.6 is 11.8 Å². The van der Waals surface area contributed by atoms with Gasteiger partial charge in [0, 0.05) is 18.1 Å². The van der Waals surface area contributed by atoms with Crippen LogP contribution in [0.25, 0.3) is 11.3 Å². The molecule has 2 aromatic heterocycles. The Morgan fingerprint density at radius 2 is 2.00 bits per heavy atom. The van der Waals surface area contributed by atoms with Crippen LogP contribution in [-0.2, 0) is 0 Å². The van der Waals surface area contributed by atoms with Crippen LogP contribution in [0.1, 0.15) is 18.1 Å². The third-order valence-electron chi connectivity index (χ3n) is 3.66. The van der Waals surface area contributed by atoms with Crippen molar-refractivity contribution in [3.63, 3.8) is 0 Å². The second-order valence-electron chi connectivity index (χ2n) is 5.13. The van der Waals surface area contributed by atoms with Gasteiger partial charge in [-0.1, -0.05) is 23.7 Å². The molecule has 0 saturated heterocycles. The van der Waals surface area contributed by atoms with Gasteiger partial charge in [-0.15, -0.1) is 16.1 Å². The number of nitrogens with zero attached hydrogens (tertiary/aromatic N) is 4. The highest BCUT2D eigenvalue weighted by Gasteiger charge is 2.11. The first-order valence-corrected chi connectivity index (χ1v) is 8.17. The van der Waals surface area contributed by atoms with Crippen molar-refractivity contribution in [3.05, 3.63) is 52.1 Å². The van der Waals surface area contributed by atoms with Crippen LogP contribution in [0, 0.1) is 25.7 Å². The molecular formula is C17H16N4OS. The number of hydrogen-bond acceptors (Lipinski definition) is 4. The van der Waals surface area contributed by atoms with Crippen LogP contribution in [0.5, 0.6) is 0 Å². The van der Waals surface area contributed by atoms with Crippen molar-refractivity contribution in [2.45, 2.75) is 25.9 Å². The van der Waals surface area contributed by atoms with Crippen molar-refractivity contribution in [2.75, 3.05) is 5.75 Å². The lowest BCUT2D eigenvalue weighted by atomic mass is 10.1. The summed E-state index contributed by atoms with van der Waals surface area (Å²) in [6.45, 7) is 5.87. The maximum atomic E-state index is 12.7. The summed E-state index contributed by atoms with van der Waals surface area (Å²) < 4.78 is 3.30. The van der Waals surface area contributed by atoms with Gasteiger partial charge in [0.1, 0.15) is 0 Å². The molecule has 3 aromatic rings. The number of rotatable bonds is 3. The summed E-state index contributed by atoms with van der Waals surface area (Å²) in [5.41, 5.74) is 3.30. The average molecular weight is 324 g/mol. The summed E-state index contributed by atoms with van der Waals surface area (Å²) in [5.74, 6) is 6.42. The smallest absolute Gasteiger partial charge is 0.280 e. The van der Waals surface area contributed by atoms with Gasteiger partial charge in [-0.3, -0.25) is 13.8 Å². The predicted octanol–water partition coefficient (Wildman–Crippen LogP) is 2.61. The lowest BCUT2D eigenvalue weighted by molar-refractivity contribution is 0.894. The molecule has 1 aromatic carbocycles. The van der Waals surface area contributed by atoms with E-state index in [-0.39, 0.29) is 5.56 Å². The molecule has 2 heterocycles. The molecule has 0 spiro atoms. The zero-order chi connectivity index (χ0) is 16.4. The number of aromatic nitrogens is 4. The number of thioether (sulfide) groups is 1. The normalized spacial score (nSPS) is 10.6. The molecule has 0 atom stereocenters. The topological polar surface area (TPSA) is 52.2 Å². The molecule has 116 valence electrons. The van der Waals surface area contributed by atoms with Gasteiger partial charge in [0.2, 0.25) is 5.65 Å². The molecule has 0 fully saturated rings. The summed E-state index contributed by atoms with van der Waals surface area (Å²) in [5, 5.41) is 8.80. The Morgan fingerprint density at radius 3 is 2.74 bits per heavy atom. The Morgan fingerprint density at radius 1 is 1.17 bits per heavy atom. The summed E-state index contributed by atoms with van der Waals surface area (Å²) in [6, 6.07) is 5.94. The van der Waals surface area contributed by atoms with E-state index in [0.29, 0.717) is 16.6 Å². The maximum absolute atomic E-state index is 12.7.